The van der Waals surface area contributed by atoms with Crippen molar-refractivity contribution in [2.24, 2.45) is 0 Å². The number of ether oxygens (including phenoxy) is 1. The summed E-state index contributed by atoms with van der Waals surface area (Å²) in [7, 11) is -2.33. The molecule has 1 N–H and O–H groups in total. The Bertz CT molecular complexity index is 480. The lowest BCUT2D eigenvalue weighted by molar-refractivity contribution is -0.136. The monoisotopic (exact) mass is 272 g/mol. The zero-order chi connectivity index (χ0) is 13.6. The highest BCUT2D eigenvalue weighted by Gasteiger charge is 2.32. The molecule has 0 saturated heterocycles. The van der Waals surface area contributed by atoms with Gasteiger partial charge in [0.15, 0.2) is 15.1 Å². The fourth-order valence-electron chi connectivity index (χ4n) is 1.54. The standard InChI is InChI=1S/C12H16O5S/c1-17-7-8-18(15,16)11(12(13)14)9-10-5-3-2-4-6-10/h2-6,11H,7-9H2,1H3,(H,13,14). The molecular weight excluding hydrogens is 256 g/mol. The molecule has 0 spiro atoms. The van der Waals surface area contributed by atoms with Crippen molar-refractivity contribution in [1.29, 1.82) is 0 Å². The van der Waals surface area contributed by atoms with Gasteiger partial charge in [-0.25, -0.2) is 8.42 Å². The molecule has 1 atom stereocenters. The Hall–Kier alpha value is -1.40. The fraction of sp³-hybridized carbons (Fsp3) is 0.417. The summed E-state index contributed by atoms with van der Waals surface area (Å²) in [6.45, 7) is 0.000896. The first-order chi connectivity index (χ1) is 8.47. The van der Waals surface area contributed by atoms with Crippen molar-refractivity contribution in [3.8, 4) is 0 Å². The zero-order valence-corrected chi connectivity index (χ0v) is 10.9. The number of benzene rings is 1. The van der Waals surface area contributed by atoms with Crippen LogP contribution in [-0.4, -0.2) is 44.2 Å². The number of rotatable bonds is 7. The number of carbonyl (C=O) groups is 1. The Labute approximate surface area is 106 Å². The first-order valence-electron chi connectivity index (χ1n) is 5.44. The van der Waals surface area contributed by atoms with Crippen LogP contribution >= 0.6 is 0 Å². The van der Waals surface area contributed by atoms with E-state index in [0.717, 1.165) is 0 Å². The first-order valence-corrected chi connectivity index (χ1v) is 7.16. The van der Waals surface area contributed by atoms with Gasteiger partial charge in [0.2, 0.25) is 0 Å². The highest BCUT2D eigenvalue weighted by Crippen LogP contribution is 2.11. The number of hydrogen-bond donors (Lipinski definition) is 1. The van der Waals surface area contributed by atoms with E-state index in [2.05, 4.69) is 4.74 Å². The summed E-state index contributed by atoms with van der Waals surface area (Å²) in [4.78, 5) is 11.1. The van der Waals surface area contributed by atoms with E-state index in [9.17, 15) is 13.2 Å². The van der Waals surface area contributed by atoms with Crippen molar-refractivity contribution in [1.82, 2.24) is 0 Å². The molecule has 1 rings (SSSR count). The van der Waals surface area contributed by atoms with Gasteiger partial charge in [0.1, 0.15) is 0 Å². The minimum absolute atomic E-state index is 0.000896. The van der Waals surface area contributed by atoms with E-state index < -0.39 is 21.1 Å². The molecule has 1 unspecified atom stereocenters. The van der Waals surface area contributed by atoms with E-state index >= 15 is 0 Å². The van der Waals surface area contributed by atoms with Gasteiger partial charge in [-0.2, -0.15) is 0 Å². The van der Waals surface area contributed by atoms with Crippen molar-refractivity contribution in [3.05, 3.63) is 35.9 Å². The van der Waals surface area contributed by atoms with Gasteiger partial charge >= 0.3 is 5.97 Å². The second-order valence-electron chi connectivity index (χ2n) is 3.88. The van der Waals surface area contributed by atoms with E-state index in [4.69, 9.17) is 5.11 Å². The number of carboxylic acids is 1. The third kappa shape index (κ3) is 4.12. The molecule has 0 aromatic heterocycles. The van der Waals surface area contributed by atoms with Crippen LogP contribution in [0.4, 0.5) is 0 Å². The lowest BCUT2D eigenvalue weighted by atomic mass is 10.1. The van der Waals surface area contributed by atoms with E-state index in [1.165, 1.54) is 7.11 Å². The smallest absolute Gasteiger partial charge is 0.322 e. The summed E-state index contributed by atoms with van der Waals surface area (Å²) in [5, 5.41) is 7.63. The summed E-state index contributed by atoms with van der Waals surface area (Å²) in [6, 6.07) is 8.70. The van der Waals surface area contributed by atoms with Crippen LogP contribution in [-0.2, 0) is 25.8 Å². The highest BCUT2D eigenvalue weighted by molar-refractivity contribution is 7.92. The number of sulfone groups is 1. The third-order valence-corrected chi connectivity index (χ3v) is 4.52. The second-order valence-corrected chi connectivity index (χ2v) is 6.18. The summed E-state index contributed by atoms with van der Waals surface area (Å²) >= 11 is 0. The maximum atomic E-state index is 11.9. The number of aliphatic carboxylic acids is 1. The Morgan fingerprint density at radius 2 is 1.94 bits per heavy atom. The average molecular weight is 272 g/mol. The molecule has 0 radical (unpaired) electrons. The summed E-state index contributed by atoms with van der Waals surface area (Å²) in [5.74, 6) is -1.61. The maximum Gasteiger partial charge on any atom is 0.322 e. The lowest BCUT2D eigenvalue weighted by Gasteiger charge is -2.13. The Morgan fingerprint density at radius 1 is 1.33 bits per heavy atom. The van der Waals surface area contributed by atoms with E-state index in [1.54, 1.807) is 30.3 Å². The maximum absolute atomic E-state index is 11.9. The van der Waals surface area contributed by atoms with Gasteiger partial charge in [-0.05, 0) is 12.0 Å². The van der Waals surface area contributed by atoms with Gasteiger partial charge in [-0.15, -0.1) is 0 Å². The molecule has 18 heavy (non-hydrogen) atoms. The van der Waals surface area contributed by atoms with Crippen molar-refractivity contribution < 1.29 is 23.1 Å². The predicted molar refractivity (Wildman–Crippen MR) is 67.2 cm³/mol. The molecule has 1 aromatic carbocycles. The Balaban J connectivity index is 2.87. The fourth-order valence-corrected chi connectivity index (χ4v) is 2.97. The number of carboxylic acid groups (broad SMARTS) is 1. The lowest BCUT2D eigenvalue weighted by Crippen LogP contribution is -2.35. The van der Waals surface area contributed by atoms with Crippen LogP contribution in [0, 0.1) is 0 Å². The van der Waals surface area contributed by atoms with Crippen molar-refractivity contribution in [2.45, 2.75) is 11.7 Å². The molecule has 0 aliphatic rings. The van der Waals surface area contributed by atoms with Crippen LogP contribution in [0.1, 0.15) is 5.56 Å². The van der Waals surface area contributed by atoms with Crippen molar-refractivity contribution in [2.75, 3.05) is 19.5 Å². The molecule has 6 heteroatoms. The minimum atomic E-state index is -3.71. The average Bonchev–Trinajstić information content (AvgIpc) is 2.34. The molecule has 0 amide bonds. The largest absolute Gasteiger partial charge is 0.480 e. The van der Waals surface area contributed by atoms with Gasteiger partial charge in [0, 0.05) is 7.11 Å². The zero-order valence-electron chi connectivity index (χ0n) is 10.1. The molecule has 0 fully saturated rings. The molecular formula is C12H16O5S. The molecule has 0 aliphatic carbocycles. The van der Waals surface area contributed by atoms with Crippen LogP contribution in [0.3, 0.4) is 0 Å². The number of hydrogen-bond acceptors (Lipinski definition) is 4. The molecule has 0 bridgehead atoms. The molecule has 0 heterocycles. The Kier molecular flexibility index (Phi) is 5.30. The summed E-state index contributed by atoms with van der Waals surface area (Å²) < 4.78 is 28.4. The predicted octanol–water partition coefficient (Wildman–Crippen LogP) is 0.743. The number of methoxy groups -OCH3 is 1. The Morgan fingerprint density at radius 3 is 2.44 bits per heavy atom. The van der Waals surface area contributed by atoms with Crippen LogP contribution < -0.4 is 0 Å². The van der Waals surface area contributed by atoms with Crippen LogP contribution in [0.25, 0.3) is 0 Å². The van der Waals surface area contributed by atoms with E-state index in [1.807, 2.05) is 0 Å². The van der Waals surface area contributed by atoms with Crippen LogP contribution in [0.2, 0.25) is 0 Å². The van der Waals surface area contributed by atoms with Crippen molar-refractivity contribution in [3.63, 3.8) is 0 Å². The topological polar surface area (TPSA) is 80.7 Å². The first kappa shape index (κ1) is 14.7. The SMILES string of the molecule is COCCS(=O)(=O)C(Cc1ccccc1)C(=O)O. The molecule has 1 aromatic rings. The molecule has 100 valence electrons. The van der Waals surface area contributed by atoms with Crippen LogP contribution in [0.5, 0.6) is 0 Å². The van der Waals surface area contributed by atoms with Gasteiger partial charge in [0.05, 0.1) is 12.4 Å². The van der Waals surface area contributed by atoms with Gasteiger partial charge < -0.3 is 9.84 Å². The third-order valence-electron chi connectivity index (χ3n) is 2.54. The van der Waals surface area contributed by atoms with E-state index in [-0.39, 0.29) is 18.8 Å². The quantitative estimate of drug-likeness (QED) is 0.792. The van der Waals surface area contributed by atoms with Gasteiger partial charge in [-0.3, -0.25) is 4.79 Å². The van der Waals surface area contributed by atoms with E-state index in [0.29, 0.717) is 5.56 Å². The van der Waals surface area contributed by atoms with Gasteiger partial charge in [0.25, 0.3) is 0 Å². The second kappa shape index (κ2) is 6.51. The molecule has 0 aliphatic heterocycles. The van der Waals surface area contributed by atoms with Crippen molar-refractivity contribution >= 4 is 15.8 Å². The highest BCUT2D eigenvalue weighted by atomic mass is 32.2. The molecule has 5 nitrogen and oxygen atoms in total. The summed E-state index contributed by atoms with van der Waals surface area (Å²) in [6.07, 6.45) is -0.0256. The molecule has 0 saturated carbocycles. The normalized spacial score (nSPS) is 13.2. The minimum Gasteiger partial charge on any atom is -0.480 e. The summed E-state index contributed by atoms with van der Waals surface area (Å²) in [5.41, 5.74) is 0.686. The van der Waals surface area contributed by atoms with Crippen LogP contribution in [0.15, 0.2) is 30.3 Å². The van der Waals surface area contributed by atoms with Gasteiger partial charge in [-0.1, -0.05) is 30.3 Å².